The van der Waals surface area contributed by atoms with Crippen LogP contribution in [0.2, 0.25) is 0 Å². The zero-order valence-corrected chi connectivity index (χ0v) is 11.4. The fourth-order valence-electron chi connectivity index (χ4n) is 1.70. The fourth-order valence-corrected chi connectivity index (χ4v) is 1.70. The van der Waals surface area contributed by atoms with E-state index in [0.717, 1.165) is 5.56 Å². The van der Waals surface area contributed by atoms with Crippen LogP contribution in [0.1, 0.15) is 38.8 Å². The molecule has 1 rings (SSSR count). The first-order chi connectivity index (χ1) is 8.23. The Hall–Kier alpha value is -1.71. The first-order valence-electron chi connectivity index (χ1n) is 6.05. The summed E-state index contributed by atoms with van der Waals surface area (Å²) in [5.74, 6) is -0.290. The van der Waals surface area contributed by atoms with E-state index in [-0.39, 0.29) is 18.1 Å². The van der Waals surface area contributed by atoms with Crippen molar-refractivity contribution < 1.29 is 14.6 Å². The van der Waals surface area contributed by atoms with Gasteiger partial charge in [-0.15, -0.1) is 0 Å². The van der Waals surface area contributed by atoms with Crippen LogP contribution in [0.5, 0.6) is 5.75 Å². The van der Waals surface area contributed by atoms with Gasteiger partial charge in [0, 0.05) is 0 Å². The van der Waals surface area contributed by atoms with Gasteiger partial charge in [0.05, 0.1) is 12.1 Å². The lowest BCUT2D eigenvalue weighted by Crippen LogP contribution is -2.24. The lowest BCUT2D eigenvalue weighted by molar-refractivity contribution is -0.153. The minimum absolute atomic E-state index is 0.0212. The summed E-state index contributed by atoms with van der Waals surface area (Å²) >= 11 is 0. The van der Waals surface area contributed by atoms with Crippen LogP contribution < -0.4 is 5.73 Å². The fraction of sp³-hybridized carbons (Fsp3) is 0.500. The van der Waals surface area contributed by atoms with Gasteiger partial charge in [-0.1, -0.05) is 13.0 Å². The third kappa shape index (κ3) is 3.95. The summed E-state index contributed by atoms with van der Waals surface area (Å²) < 4.78 is 5.23. The third-order valence-electron chi connectivity index (χ3n) is 2.45. The highest BCUT2D eigenvalue weighted by atomic mass is 16.6. The number of rotatable bonds is 3. The van der Waals surface area contributed by atoms with Gasteiger partial charge in [-0.3, -0.25) is 4.79 Å². The molecular weight excluding hydrogens is 230 g/mol. The van der Waals surface area contributed by atoms with E-state index in [1.54, 1.807) is 0 Å². The maximum absolute atomic E-state index is 11.7. The number of nitrogen functional groups attached to an aromatic ring is 1. The van der Waals surface area contributed by atoms with Crippen molar-refractivity contribution in [3.63, 3.8) is 0 Å². The zero-order chi connectivity index (χ0) is 13.9. The summed E-state index contributed by atoms with van der Waals surface area (Å²) in [7, 11) is 0. The number of hydrogen-bond donors (Lipinski definition) is 2. The van der Waals surface area contributed by atoms with Crippen molar-refractivity contribution in [1.29, 1.82) is 0 Å². The van der Waals surface area contributed by atoms with Crippen LogP contribution in [0, 0.1) is 0 Å². The topological polar surface area (TPSA) is 72.5 Å². The van der Waals surface area contributed by atoms with Crippen molar-refractivity contribution in [3.8, 4) is 5.75 Å². The first kappa shape index (κ1) is 14.4. The van der Waals surface area contributed by atoms with Crippen molar-refractivity contribution in [2.45, 2.75) is 46.1 Å². The molecule has 0 radical (unpaired) electrons. The van der Waals surface area contributed by atoms with Gasteiger partial charge in [0.25, 0.3) is 0 Å². The highest BCUT2D eigenvalue weighted by Crippen LogP contribution is 2.27. The lowest BCUT2D eigenvalue weighted by Gasteiger charge is -2.19. The molecule has 0 saturated carbocycles. The molecule has 0 aliphatic rings. The molecule has 4 heteroatoms. The van der Waals surface area contributed by atoms with E-state index < -0.39 is 5.60 Å². The molecule has 3 N–H and O–H groups in total. The first-order valence-corrected chi connectivity index (χ1v) is 6.05. The van der Waals surface area contributed by atoms with Crippen LogP contribution in [0.3, 0.4) is 0 Å². The van der Waals surface area contributed by atoms with E-state index in [1.807, 2.05) is 33.8 Å². The van der Waals surface area contributed by atoms with E-state index >= 15 is 0 Å². The molecule has 0 bridgehead atoms. The second-order valence-electron chi connectivity index (χ2n) is 5.30. The van der Waals surface area contributed by atoms with Crippen molar-refractivity contribution in [2.24, 2.45) is 0 Å². The van der Waals surface area contributed by atoms with Gasteiger partial charge in [-0.25, -0.2) is 0 Å². The molecule has 0 fully saturated rings. The molecule has 0 aliphatic carbocycles. The number of aromatic hydroxyl groups is 1. The summed E-state index contributed by atoms with van der Waals surface area (Å²) in [6, 6.07) is 3.34. The maximum Gasteiger partial charge on any atom is 0.310 e. The minimum Gasteiger partial charge on any atom is -0.506 e. The molecule has 0 saturated heterocycles. The molecule has 0 spiro atoms. The molecule has 0 atom stereocenters. The smallest absolute Gasteiger partial charge is 0.310 e. The maximum atomic E-state index is 11.7. The number of aryl methyl sites for hydroxylation is 1. The molecule has 1 aromatic carbocycles. The SMILES string of the molecule is CCc1cc(CC(=O)OC(C)(C)C)cc(O)c1N. The molecule has 100 valence electrons. The van der Waals surface area contributed by atoms with Crippen LogP contribution in [0.4, 0.5) is 5.69 Å². The van der Waals surface area contributed by atoms with Gasteiger partial charge < -0.3 is 15.6 Å². The van der Waals surface area contributed by atoms with E-state index in [1.165, 1.54) is 6.07 Å². The Labute approximate surface area is 108 Å². The Morgan fingerprint density at radius 1 is 1.39 bits per heavy atom. The summed E-state index contributed by atoms with van der Waals surface area (Å²) in [6.07, 6.45) is 0.847. The molecule has 1 aromatic rings. The van der Waals surface area contributed by atoms with Gasteiger partial charge in [0.2, 0.25) is 0 Å². The number of carbonyl (C=O) groups excluding carboxylic acids is 1. The third-order valence-corrected chi connectivity index (χ3v) is 2.45. The Balaban J connectivity index is 2.86. The van der Waals surface area contributed by atoms with Gasteiger partial charge in [-0.05, 0) is 44.4 Å². The molecule has 0 amide bonds. The van der Waals surface area contributed by atoms with Crippen LogP contribution >= 0.6 is 0 Å². The van der Waals surface area contributed by atoms with Crippen molar-refractivity contribution in [2.75, 3.05) is 5.73 Å². The molecule has 0 aliphatic heterocycles. The number of phenolic OH excluding ortho intramolecular Hbond substituents is 1. The molecule has 18 heavy (non-hydrogen) atoms. The zero-order valence-electron chi connectivity index (χ0n) is 11.4. The van der Waals surface area contributed by atoms with Gasteiger partial charge in [0.1, 0.15) is 11.4 Å². The molecular formula is C14H21NO3. The number of phenols is 1. The number of ether oxygens (including phenoxy) is 1. The van der Waals surface area contributed by atoms with Crippen LogP contribution in [-0.2, 0) is 22.4 Å². The van der Waals surface area contributed by atoms with Gasteiger partial charge in [-0.2, -0.15) is 0 Å². The summed E-state index contributed by atoms with van der Waals surface area (Å²) in [5.41, 5.74) is 7.17. The average Bonchev–Trinajstić information content (AvgIpc) is 2.20. The Morgan fingerprint density at radius 3 is 2.50 bits per heavy atom. The van der Waals surface area contributed by atoms with Crippen molar-refractivity contribution in [3.05, 3.63) is 23.3 Å². The van der Waals surface area contributed by atoms with Crippen molar-refractivity contribution in [1.82, 2.24) is 0 Å². The highest BCUT2D eigenvalue weighted by molar-refractivity contribution is 5.74. The Kier molecular flexibility index (Phi) is 4.22. The van der Waals surface area contributed by atoms with Crippen molar-refractivity contribution >= 4 is 11.7 Å². The lowest BCUT2D eigenvalue weighted by atomic mass is 10.0. The van der Waals surface area contributed by atoms with Crippen LogP contribution in [0.15, 0.2) is 12.1 Å². The standard InChI is InChI=1S/C14H21NO3/c1-5-10-6-9(7-11(16)13(10)15)8-12(17)18-14(2,3)4/h6-7,16H,5,8,15H2,1-4H3. The largest absolute Gasteiger partial charge is 0.506 e. The second-order valence-corrected chi connectivity index (χ2v) is 5.30. The number of esters is 1. The van der Waals surface area contributed by atoms with E-state index in [0.29, 0.717) is 17.7 Å². The number of hydrogen-bond acceptors (Lipinski definition) is 4. The Bertz CT molecular complexity index is 447. The van der Waals surface area contributed by atoms with E-state index in [9.17, 15) is 9.90 Å². The predicted octanol–water partition coefficient (Wildman–Crippen LogP) is 2.42. The quantitative estimate of drug-likeness (QED) is 0.491. The second kappa shape index (κ2) is 5.29. The molecule has 0 unspecified atom stereocenters. The molecule has 0 heterocycles. The minimum atomic E-state index is -0.499. The highest BCUT2D eigenvalue weighted by Gasteiger charge is 2.17. The summed E-state index contributed by atoms with van der Waals surface area (Å²) in [6.45, 7) is 7.41. The number of benzene rings is 1. The molecule has 4 nitrogen and oxygen atoms in total. The number of nitrogens with two attached hydrogens (primary N) is 1. The van der Waals surface area contributed by atoms with E-state index in [4.69, 9.17) is 10.5 Å². The monoisotopic (exact) mass is 251 g/mol. The number of carbonyl (C=O) groups is 1. The average molecular weight is 251 g/mol. The summed E-state index contributed by atoms with van der Waals surface area (Å²) in [5, 5.41) is 9.68. The molecule has 0 aromatic heterocycles. The van der Waals surface area contributed by atoms with Crippen LogP contribution in [-0.4, -0.2) is 16.7 Å². The Morgan fingerprint density at radius 2 is 2.00 bits per heavy atom. The normalized spacial score (nSPS) is 11.3. The van der Waals surface area contributed by atoms with E-state index in [2.05, 4.69) is 0 Å². The van der Waals surface area contributed by atoms with Gasteiger partial charge in [0.15, 0.2) is 0 Å². The number of anilines is 1. The summed E-state index contributed by atoms with van der Waals surface area (Å²) in [4.78, 5) is 11.7. The predicted molar refractivity (Wildman–Crippen MR) is 71.4 cm³/mol. The van der Waals surface area contributed by atoms with Gasteiger partial charge >= 0.3 is 5.97 Å². The van der Waals surface area contributed by atoms with Crippen LogP contribution in [0.25, 0.3) is 0 Å².